The maximum absolute atomic E-state index is 11.9. The number of nitrogen functional groups attached to an aromatic ring is 1. The molecule has 0 radical (unpaired) electrons. The third-order valence-corrected chi connectivity index (χ3v) is 2.57. The normalized spacial score (nSPS) is 10.1. The summed E-state index contributed by atoms with van der Waals surface area (Å²) >= 11 is 0. The van der Waals surface area contributed by atoms with Crippen molar-refractivity contribution in [2.75, 3.05) is 17.2 Å². The lowest BCUT2D eigenvalue weighted by atomic mass is 10.2. The zero-order valence-electron chi connectivity index (χ0n) is 10.1. The van der Waals surface area contributed by atoms with Crippen molar-refractivity contribution in [2.45, 2.75) is 33.1 Å². The highest BCUT2D eigenvalue weighted by atomic mass is 16.2. The summed E-state index contributed by atoms with van der Waals surface area (Å²) in [5, 5.41) is 0. The van der Waals surface area contributed by atoms with E-state index >= 15 is 0 Å². The van der Waals surface area contributed by atoms with Crippen molar-refractivity contribution >= 4 is 17.3 Å². The lowest BCUT2D eigenvalue weighted by molar-refractivity contribution is -0.118. The second-order valence-electron chi connectivity index (χ2n) is 3.83. The lowest BCUT2D eigenvalue weighted by Gasteiger charge is -2.21. The average Bonchev–Trinajstić information content (AvgIpc) is 2.30. The number of carbonyl (C=O) groups excluding carboxylic acids is 1. The fourth-order valence-corrected chi connectivity index (χ4v) is 1.62. The highest BCUT2D eigenvalue weighted by Gasteiger charge is 2.12. The molecule has 0 unspecified atom stereocenters. The summed E-state index contributed by atoms with van der Waals surface area (Å²) in [7, 11) is 0. The van der Waals surface area contributed by atoms with Gasteiger partial charge in [0.25, 0.3) is 0 Å². The topological polar surface area (TPSA) is 46.3 Å². The van der Waals surface area contributed by atoms with Gasteiger partial charge in [-0.2, -0.15) is 0 Å². The van der Waals surface area contributed by atoms with E-state index < -0.39 is 0 Å². The predicted octanol–water partition coefficient (Wildman–Crippen LogP) is 2.81. The van der Waals surface area contributed by atoms with Gasteiger partial charge in [0, 0.05) is 24.3 Å². The molecule has 0 aliphatic carbocycles. The van der Waals surface area contributed by atoms with Gasteiger partial charge in [-0.25, -0.2) is 0 Å². The molecule has 1 rings (SSSR count). The van der Waals surface area contributed by atoms with Crippen LogP contribution in [-0.2, 0) is 4.79 Å². The Morgan fingerprint density at radius 3 is 2.38 bits per heavy atom. The number of nitrogens with two attached hydrogens (primary N) is 1. The number of hydrogen-bond donors (Lipinski definition) is 1. The fourth-order valence-electron chi connectivity index (χ4n) is 1.62. The first-order valence-corrected chi connectivity index (χ1v) is 5.85. The molecule has 1 aromatic carbocycles. The molecule has 0 heterocycles. The third kappa shape index (κ3) is 3.26. The molecule has 0 aromatic heterocycles. The summed E-state index contributed by atoms with van der Waals surface area (Å²) in [6, 6.07) is 7.43. The lowest BCUT2D eigenvalue weighted by Crippen LogP contribution is -2.30. The van der Waals surface area contributed by atoms with E-state index in [1.165, 1.54) is 0 Å². The van der Waals surface area contributed by atoms with Crippen LogP contribution in [0.4, 0.5) is 11.4 Å². The van der Waals surface area contributed by atoms with E-state index in [-0.39, 0.29) is 5.91 Å². The average molecular weight is 220 g/mol. The van der Waals surface area contributed by atoms with E-state index in [4.69, 9.17) is 5.73 Å². The highest BCUT2D eigenvalue weighted by molar-refractivity contribution is 5.93. The maximum Gasteiger partial charge on any atom is 0.226 e. The molecule has 0 bridgehead atoms. The first-order chi connectivity index (χ1) is 7.69. The van der Waals surface area contributed by atoms with Crippen LogP contribution in [0.15, 0.2) is 24.3 Å². The number of amides is 1. The van der Waals surface area contributed by atoms with Crippen molar-refractivity contribution in [1.82, 2.24) is 0 Å². The summed E-state index contributed by atoms with van der Waals surface area (Å²) in [4.78, 5) is 13.7. The van der Waals surface area contributed by atoms with Crippen LogP contribution >= 0.6 is 0 Å². The molecule has 3 nitrogen and oxygen atoms in total. The fraction of sp³-hybridized carbons (Fsp3) is 0.462. The molecule has 1 amide bonds. The Balaban J connectivity index is 2.73. The van der Waals surface area contributed by atoms with Crippen molar-refractivity contribution in [3.63, 3.8) is 0 Å². The Kier molecular flexibility index (Phi) is 4.83. The zero-order chi connectivity index (χ0) is 12.0. The molecule has 0 aliphatic rings. The van der Waals surface area contributed by atoms with Crippen molar-refractivity contribution < 1.29 is 4.79 Å². The minimum Gasteiger partial charge on any atom is -0.399 e. The summed E-state index contributed by atoms with van der Waals surface area (Å²) in [6.07, 6.45) is 2.62. The predicted molar refractivity (Wildman–Crippen MR) is 68.4 cm³/mol. The summed E-state index contributed by atoms with van der Waals surface area (Å²) in [5.74, 6) is 0.189. The van der Waals surface area contributed by atoms with Gasteiger partial charge in [-0.05, 0) is 37.6 Å². The SMILES string of the molecule is CCCCC(=O)N(CC)c1ccc(N)cc1. The maximum atomic E-state index is 11.9. The number of carbonyl (C=O) groups is 1. The van der Waals surface area contributed by atoms with Crippen molar-refractivity contribution in [2.24, 2.45) is 0 Å². The molecule has 0 saturated carbocycles. The van der Waals surface area contributed by atoms with Crippen molar-refractivity contribution in [1.29, 1.82) is 0 Å². The Hall–Kier alpha value is -1.51. The monoisotopic (exact) mass is 220 g/mol. The van der Waals surface area contributed by atoms with Gasteiger partial charge < -0.3 is 10.6 Å². The first-order valence-electron chi connectivity index (χ1n) is 5.85. The molecule has 2 N–H and O–H groups in total. The quantitative estimate of drug-likeness (QED) is 0.775. The van der Waals surface area contributed by atoms with Crippen LogP contribution in [0.25, 0.3) is 0 Å². The van der Waals surface area contributed by atoms with E-state index in [0.29, 0.717) is 13.0 Å². The highest BCUT2D eigenvalue weighted by Crippen LogP contribution is 2.17. The van der Waals surface area contributed by atoms with E-state index in [1.807, 2.05) is 31.2 Å². The molecule has 88 valence electrons. The van der Waals surface area contributed by atoms with Crippen LogP contribution in [0, 0.1) is 0 Å². The molecule has 1 aromatic rings. The first kappa shape index (κ1) is 12.6. The van der Waals surface area contributed by atoms with Gasteiger partial charge in [-0.1, -0.05) is 13.3 Å². The molecule has 16 heavy (non-hydrogen) atoms. The number of benzene rings is 1. The second kappa shape index (κ2) is 6.16. The van der Waals surface area contributed by atoms with E-state index in [0.717, 1.165) is 24.2 Å². The summed E-state index contributed by atoms with van der Waals surface area (Å²) in [6.45, 7) is 4.78. The van der Waals surface area contributed by atoms with Gasteiger partial charge in [0.2, 0.25) is 5.91 Å². The van der Waals surface area contributed by atoms with Crippen LogP contribution in [-0.4, -0.2) is 12.5 Å². The van der Waals surface area contributed by atoms with Gasteiger partial charge in [0.15, 0.2) is 0 Å². The second-order valence-corrected chi connectivity index (χ2v) is 3.83. The van der Waals surface area contributed by atoms with Crippen molar-refractivity contribution in [3.05, 3.63) is 24.3 Å². The van der Waals surface area contributed by atoms with Crippen LogP contribution in [0.3, 0.4) is 0 Å². The van der Waals surface area contributed by atoms with E-state index in [1.54, 1.807) is 4.90 Å². The molecular formula is C13H20N2O. The smallest absolute Gasteiger partial charge is 0.226 e. The van der Waals surface area contributed by atoms with Gasteiger partial charge in [0.1, 0.15) is 0 Å². The number of hydrogen-bond acceptors (Lipinski definition) is 2. The minimum absolute atomic E-state index is 0.189. The number of rotatable bonds is 5. The Bertz CT molecular complexity index is 332. The zero-order valence-corrected chi connectivity index (χ0v) is 10.1. The minimum atomic E-state index is 0.189. The molecule has 0 fully saturated rings. The summed E-state index contributed by atoms with van der Waals surface area (Å²) in [5.41, 5.74) is 7.27. The van der Waals surface area contributed by atoms with Gasteiger partial charge >= 0.3 is 0 Å². The van der Waals surface area contributed by atoms with Gasteiger partial charge in [-0.3, -0.25) is 4.79 Å². The van der Waals surface area contributed by atoms with E-state index in [2.05, 4.69) is 6.92 Å². The Morgan fingerprint density at radius 1 is 1.25 bits per heavy atom. The van der Waals surface area contributed by atoms with Crippen LogP contribution in [0.1, 0.15) is 33.1 Å². The summed E-state index contributed by atoms with van der Waals surface area (Å²) < 4.78 is 0. The van der Waals surface area contributed by atoms with Crippen LogP contribution in [0.5, 0.6) is 0 Å². The molecular weight excluding hydrogens is 200 g/mol. The standard InChI is InChI=1S/C13H20N2O/c1-3-5-6-13(16)15(4-2)12-9-7-11(14)8-10-12/h7-10H,3-6,14H2,1-2H3. The number of anilines is 2. The van der Waals surface area contributed by atoms with Gasteiger partial charge in [0.05, 0.1) is 0 Å². The molecule has 0 atom stereocenters. The third-order valence-electron chi connectivity index (χ3n) is 2.57. The van der Waals surface area contributed by atoms with Crippen molar-refractivity contribution in [3.8, 4) is 0 Å². The number of unbranched alkanes of at least 4 members (excludes halogenated alkanes) is 1. The van der Waals surface area contributed by atoms with E-state index in [9.17, 15) is 4.79 Å². The molecule has 3 heteroatoms. The Labute approximate surface area is 97.2 Å². The van der Waals surface area contributed by atoms with Gasteiger partial charge in [-0.15, -0.1) is 0 Å². The van der Waals surface area contributed by atoms with Crippen LogP contribution < -0.4 is 10.6 Å². The molecule has 0 saturated heterocycles. The number of nitrogens with zero attached hydrogens (tertiary/aromatic N) is 1. The Morgan fingerprint density at radius 2 is 1.88 bits per heavy atom. The van der Waals surface area contributed by atoms with Crippen LogP contribution in [0.2, 0.25) is 0 Å². The molecule has 0 aliphatic heterocycles. The molecule has 0 spiro atoms. The largest absolute Gasteiger partial charge is 0.399 e.